The zero-order valence-corrected chi connectivity index (χ0v) is 17.3. The molecule has 0 radical (unpaired) electrons. The number of rotatable bonds is 8. The van der Waals surface area contributed by atoms with Crippen molar-refractivity contribution in [3.8, 4) is 5.75 Å². The molecule has 0 spiro atoms. The van der Waals surface area contributed by atoms with E-state index in [0.29, 0.717) is 28.8 Å². The maximum Gasteiger partial charge on any atom is 0.271 e. The molecular formula is C23H21N3O4S. The number of carbonyl (C=O) groups is 1. The molecule has 7 nitrogen and oxygen atoms in total. The second-order valence-electron chi connectivity index (χ2n) is 6.54. The molecule has 8 heteroatoms. The van der Waals surface area contributed by atoms with Gasteiger partial charge in [0.05, 0.1) is 11.1 Å². The van der Waals surface area contributed by atoms with Gasteiger partial charge in [0.2, 0.25) is 0 Å². The predicted octanol–water partition coefficient (Wildman–Crippen LogP) is 3.69. The summed E-state index contributed by atoms with van der Waals surface area (Å²) < 4.78 is 27.2. The van der Waals surface area contributed by atoms with Crippen molar-refractivity contribution in [2.24, 2.45) is 5.10 Å². The maximum atomic E-state index is 12.4. The van der Waals surface area contributed by atoms with E-state index in [9.17, 15) is 18.3 Å². The largest absolute Gasteiger partial charge is 0.507 e. The van der Waals surface area contributed by atoms with Crippen molar-refractivity contribution in [1.29, 1.82) is 0 Å². The number of anilines is 1. The third kappa shape index (κ3) is 5.58. The van der Waals surface area contributed by atoms with Crippen LogP contribution >= 0.6 is 0 Å². The summed E-state index contributed by atoms with van der Waals surface area (Å²) in [6.45, 7) is 3.65. The van der Waals surface area contributed by atoms with Gasteiger partial charge in [0.25, 0.3) is 15.9 Å². The number of hydrogen-bond donors (Lipinski definition) is 3. The SMILES string of the molecule is C=CCc1cccc(/C=N/NC(=O)c2ccc(NS(=O)(=O)c3ccccc3)cc2)c1O. The first-order valence-electron chi connectivity index (χ1n) is 9.34. The lowest BCUT2D eigenvalue weighted by molar-refractivity contribution is 0.0955. The van der Waals surface area contributed by atoms with E-state index in [0.717, 1.165) is 0 Å². The number of phenols is 1. The first kappa shape index (κ1) is 21.8. The molecule has 0 aromatic heterocycles. The van der Waals surface area contributed by atoms with Crippen molar-refractivity contribution < 1.29 is 18.3 Å². The van der Waals surface area contributed by atoms with Gasteiger partial charge in [-0.15, -0.1) is 6.58 Å². The van der Waals surface area contributed by atoms with E-state index in [4.69, 9.17) is 0 Å². The number of allylic oxidation sites excluding steroid dienone is 1. The maximum absolute atomic E-state index is 12.4. The van der Waals surface area contributed by atoms with Gasteiger partial charge < -0.3 is 5.11 Å². The number of benzene rings is 3. The Morgan fingerprint density at radius 2 is 1.71 bits per heavy atom. The number of amides is 1. The second-order valence-corrected chi connectivity index (χ2v) is 8.23. The van der Waals surface area contributed by atoms with Crippen LogP contribution in [0.25, 0.3) is 0 Å². The number of aromatic hydroxyl groups is 1. The Balaban J connectivity index is 1.64. The highest BCUT2D eigenvalue weighted by molar-refractivity contribution is 7.92. The molecule has 0 saturated heterocycles. The van der Waals surface area contributed by atoms with Gasteiger partial charge in [0.15, 0.2) is 0 Å². The van der Waals surface area contributed by atoms with Gasteiger partial charge >= 0.3 is 0 Å². The lowest BCUT2D eigenvalue weighted by Crippen LogP contribution is -2.18. The van der Waals surface area contributed by atoms with Gasteiger partial charge in [-0.25, -0.2) is 13.8 Å². The van der Waals surface area contributed by atoms with E-state index >= 15 is 0 Å². The highest BCUT2D eigenvalue weighted by atomic mass is 32.2. The average molecular weight is 436 g/mol. The topological polar surface area (TPSA) is 108 Å². The normalized spacial score (nSPS) is 11.2. The van der Waals surface area contributed by atoms with Crippen LogP contribution in [0.15, 0.2) is 95.4 Å². The summed E-state index contributed by atoms with van der Waals surface area (Å²) in [7, 11) is -3.71. The fourth-order valence-electron chi connectivity index (χ4n) is 2.76. The van der Waals surface area contributed by atoms with E-state index in [1.165, 1.54) is 42.6 Å². The van der Waals surface area contributed by atoms with Gasteiger partial charge in [-0.1, -0.05) is 36.4 Å². The zero-order valence-electron chi connectivity index (χ0n) is 16.5. The number of hydrogen-bond acceptors (Lipinski definition) is 5. The lowest BCUT2D eigenvalue weighted by atomic mass is 10.1. The number of phenolic OH excluding ortho intramolecular Hbond substituents is 1. The molecule has 0 atom stereocenters. The Labute approximate surface area is 180 Å². The molecule has 3 aromatic carbocycles. The molecule has 0 fully saturated rings. The van der Waals surface area contributed by atoms with Gasteiger partial charge in [-0.05, 0) is 54.4 Å². The summed E-state index contributed by atoms with van der Waals surface area (Å²) in [6, 6.07) is 19.2. The number of hydrazone groups is 1. The van der Waals surface area contributed by atoms with Crippen molar-refractivity contribution in [3.63, 3.8) is 0 Å². The number of carbonyl (C=O) groups excluding carboxylic acids is 1. The molecule has 0 aliphatic carbocycles. The minimum atomic E-state index is -3.71. The summed E-state index contributed by atoms with van der Waals surface area (Å²) >= 11 is 0. The Kier molecular flexibility index (Phi) is 6.84. The molecular weight excluding hydrogens is 414 g/mol. The molecule has 31 heavy (non-hydrogen) atoms. The smallest absolute Gasteiger partial charge is 0.271 e. The average Bonchev–Trinajstić information content (AvgIpc) is 2.77. The fourth-order valence-corrected chi connectivity index (χ4v) is 3.84. The van der Waals surface area contributed by atoms with E-state index in [1.54, 1.807) is 42.5 Å². The van der Waals surface area contributed by atoms with Gasteiger partial charge in [0.1, 0.15) is 5.75 Å². The van der Waals surface area contributed by atoms with Crippen LogP contribution in [0.2, 0.25) is 0 Å². The van der Waals surface area contributed by atoms with Crippen LogP contribution in [-0.2, 0) is 16.4 Å². The molecule has 3 aromatic rings. The standard InChI is InChI=1S/C23H21N3O4S/c1-2-7-17-8-6-9-19(22(17)27)16-24-25-23(28)18-12-14-20(15-13-18)26-31(29,30)21-10-4-3-5-11-21/h2-6,8-16,26-27H,1,7H2,(H,25,28)/b24-16+. The lowest BCUT2D eigenvalue weighted by Gasteiger charge is -2.08. The van der Waals surface area contributed by atoms with Gasteiger partial charge in [0, 0.05) is 16.8 Å². The number of nitrogens with zero attached hydrogens (tertiary/aromatic N) is 1. The predicted molar refractivity (Wildman–Crippen MR) is 121 cm³/mol. The van der Waals surface area contributed by atoms with E-state index < -0.39 is 15.9 Å². The Morgan fingerprint density at radius 1 is 1.00 bits per heavy atom. The Hall–Kier alpha value is -3.91. The number of para-hydroxylation sites is 1. The van der Waals surface area contributed by atoms with Crippen molar-refractivity contribution in [2.45, 2.75) is 11.3 Å². The molecule has 0 aliphatic heterocycles. The molecule has 1 amide bonds. The van der Waals surface area contributed by atoms with Gasteiger partial charge in [-0.2, -0.15) is 5.10 Å². The quantitative estimate of drug-likeness (QED) is 0.285. The fraction of sp³-hybridized carbons (Fsp3) is 0.0435. The molecule has 0 aliphatic rings. The Morgan fingerprint density at radius 3 is 2.39 bits per heavy atom. The second kappa shape index (κ2) is 9.73. The summed E-state index contributed by atoms with van der Waals surface area (Å²) in [5.74, 6) is -0.397. The molecule has 0 saturated carbocycles. The zero-order chi connectivity index (χ0) is 22.3. The first-order chi connectivity index (χ1) is 14.9. The molecule has 3 N–H and O–H groups in total. The van der Waals surface area contributed by atoms with E-state index in [1.807, 2.05) is 0 Å². The van der Waals surface area contributed by atoms with E-state index in [-0.39, 0.29) is 10.6 Å². The summed E-state index contributed by atoms with van der Waals surface area (Å²) in [5.41, 5.74) is 4.17. The minimum Gasteiger partial charge on any atom is -0.507 e. The van der Waals surface area contributed by atoms with Crippen LogP contribution in [-0.4, -0.2) is 25.6 Å². The van der Waals surface area contributed by atoms with E-state index in [2.05, 4.69) is 21.8 Å². The van der Waals surface area contributed by atoms with Crippen LogP contribution in [0.1, 0.15) is 21.5 Å². The summed E-state index contributed by atoms with van der Waals surface area (Å²) in [5, 5.41) is 14.1. The van der Waals surface area contributed by atoms with Crippen molar-refractivity contribution in [3.05, 3.63) is 102 Å². The molecule has 0 heterocycles. The van der Waals surface area contributed by atoms with Crippen molar-refractivity contribution in [2.75, 3.05) is 4.72 Å². The number of nitrogens with one attached hydrogen (secondary N) is 2. The van der Waals surface area contributed by atoms with Gasteiger partial charge in [-0.3, -0.25) is 9.52 Å². The van der Waals surface area contributed by atoms with Crippen LogP contribution in [0.4, 0.5) is 5.69 Å². The third-order valence-corrected chi connectivity index (χ3v) is 5.73. The number of sulfonamides is 1. The third-order valence-electron chi connectivity index (χ3n) is 4.34. The minimum absolute atomic E-state index is 0.0791. The molecule has 0 unspecified atom stereocenters. The summed E-state index contributed by atoms with van der Waals surface area (Å²) in [4.78, 5) is 12.4. The van der Waals surface area contributed by atoms with Crippen LogP contribution in [0.5, 0.6) is 5.75 Å². The molecule has 158 valence electrons. The van der Waals surface area contributed by atoms with Crippen LogP contribution < -0.4 is 10.1 Å². The van der Waals surface area contributed by atoms with Crippen LogP contribution in [0.3, 0.4) is 0 Å². The highest BCUT2D eigenvalue weighted by Gasteiger charge is 2.14. The molecule has 3 rings (SSSR count). The monoisotopic (exact) mass is 435 g/mol. The first-order valence-corrected chi connectivity index (χ1v) is 10.8. The molecule has 0 bridgehead atoms. The highest BCUT2D eigenvalue weighted by Crippen LogP contribution is 2.21. The summed E-state index contributed by atoms with van der Waals surface area (Å²) in [6.07, 6.45) is 3.55. The Bertz CT molecular complexity index is 1210. The van der Waals surface area contributed by atoms with Crippen molar-refractivity contribution >= 4 is 27.8 Å². The van der Waals surface area contributed by atoms with Crippen LogP contribution in [0, 0.1) is 0 Å². The van der Waals surface area contributed by atoms with Crippen molar-refractivity contribution in [1.82, 2.24) is 5.43 Å².